The summed E-state index contributed by atoms with van der Waals surface area (Å²) in [5, 5.41) is 0. The van der Waals surface area contributed by atoms with E-state index in [9.17, 15) is 27.1 Å². The minimum absolute atomic E-state index is 0. The van der Waals surface area contributed by atoms with Gasteiger partial charge in [-0.3, -0.25) is 13.6 Å². The molecule has 0 unspecified atom stereocenters. The molecule has 16 heteroatoms. The quantitative estimate of drug-likeness (QED) is 0.0797. The van der Waals surface area contributed by atoms with Gasteiger partial charge in [-0.25, -0.2) is 18.0 Å². The van der Waals surface area contributed by atoms with Crippen molar-refractivity contribution in [2.75, 3.05) is 26.8 Å². The van der Waals surface area contributed by atoms with Gasteiger partial charge in [0.25, 0.3) is 0 Å². The van der Waals surface area contributed by atoms with Gasteiger partial charge < -0.3 is 28.2 Å². The van der Waals surface area contributed by atoms with Crippen LogP contribution in [0.5, 0.6) is 11.5 Å². The van der Waals surface area contributed by atoms with Gasteiger partial charge in [-0.2, -0.15) is 0 Å². The number of hydrogen-bond acceptors (Lipinski definition) is 13. The standard InChI is InChI=1S/C30H43O13PS.K/c1-29(2,3)19-37-27(31)39-21-41-44(33,42-22-40-28(32)38-20-30(4,5)6)26(45(34,35)36)17-11-13-23-12-10-16-25(18-23)43-24-14-8-7-9-15-24;/h7-10,12,14-16,18,26H,11,13,17,19-22H2,1-6H3,(H,34,35,36);/q;+1/p-1/t26-;/m0./s1. The van der Waals surface area contributed by atoms with Crippen molar-refractivity contribution in [3.05, 3.63) is 60.2 Å². The molecule has 2 aromatic carbocycles. The monoisotopic (exact) mass is 712 g/mol. The Morgan fingerprint density at radius 3 is 1.76 bits per heavy atom. The smallest absolute Gasteiger partial charge is 0.747 e. The number of rotatable bonds is 16. The fourth-order valence-electron chi connectivity index (χ4n) is 3.46. The van der Waals surface area contributed by atoms with E-state index in [1.807, 2.05) is 59.7 Å². The molecule has 0 saturated heterocycles. The van der Waals surface area contributed by atoms with Crippen LogP contribution in [0.1, 0.15) is 59.9 Å². The molecule has 0 heterocycles. The van der Waals surface area contributed by atoms with E-state index in [4.69, 9.17) is 32.7 Å². The summed E-state index contributed by atoms with van der Waals surface area (Å²) in [6, 6.07) is 16.1. The van der Waals surface area contributed by atoms with Crippen molar-refractivity contribution in [2.24, 2.45) is 10.8 Å². The van der Waals surface area contributed by atoms with Crippen LogP contribution < -0.4 is 56.1 Å². The minimum Gasteiger partial charge on any atom is -0.747 e. The summed E-state index contributed by atoms with van der Waals surface area (Å²) in [6.45, 7) is 8.67. The SMILES string of the molecule is CC(C)(C)COC(=O)OCOP(=O)(OCOC(=O)OCC(C)(C)C)[C@H](CCCc1cccc(Oc2ccccc2)c1)S(=O)(=O)[O-].[K+]. The largest absolute Gasteiger partial charge is 1.00 e. The molecule has 0 fully saturated rings. The van der Waals surface area contributed by atoms with Crippen LogP contribution in [0.3, 0.4) is 0 Å². The first-order valence-corrected chi connectivity index (χ1v) is 17.2. The Labute approximate surface area is 313 Å². The fraction of sp³-hybridized carbons (Fsp3) is 0.533. The van der Waals surface area contributed by atoms with Crippen LogP contribution in [0.2, 0.25) is 0 Å². The molecular formula is C30H42KO13PS. The normalized spacial score (nSPS) is 12.8. The first kappa shape index (κ1) is 42.5. The van der Waals surface area contributed by atoms with Gasteiger partial charge >= 0.3 is 71.3 Å². The van der Waals surface area contributed by atoms with Crippen molar-refractivity contribution >= 4 is 30.0 Å². The van der Waals surface area contributed by atoms with E-state index in [2.05, 4.69) is 0 Å². The van der Waals surface area contributed by atoms with E-state index in [1.165, 1.54) is 0 Å². The molecule has 0 bridgehead atoms. The number of aryl methyl sites for hydroxylation is 1. The van der Waals surface area contributed by atoms with Crippen molar-refractivity contribution in [1.29, 1.82) is 0 Å². The van der Waals surface area contributed by atoms with Gasteiger partial charge in [0.2, 0.25) is 13.6 Å². The Kier molecular flexibility index (Phi) is 18.0. The van der Waals surface area contributed by atoms with Crippen molar-refractivity contribution < 1.29 is 111 Å². The second-order valence-electron chi connectivity index (χ2n) is 12.4. The van der Waals surface area contributed by atoms with Crippen molar-refractivity contribution in [3.63, 3.8) is 0 Å². The first-order valence-electron chi connectivity index (χ1n) is 14.1. The van der Waals surface area contributed by atoms with E-state index < -0.39 is 55.0 Å². The van der Waals surface area contributed by atoms with E-state index in [1.54, 1.807) is 36.4 Å². The molecule has 2 rings (SSSR count). The van der Waals surface area contributed by atoms with Gasteiger partial charge in [0.05, 0.1) is 13.2 Å². The molecule has 0 aromatic heterocycles. The molecule has 13 nitrogen and oxygen atoms in total. The average Bonchev–Trinajstić information content (AvgIpc) is 2.92. The maximum Gasteiger partial charge on any atom is 1.00 e. The number of carbonyl (C=O) groups excluding carboxylic acids is 2. The minimum atomic E-state index is -5.32. The number of hydrogen-bond donors (Lipinski definition) is 0. The van der Waals surface area contributed by atoms with Gasteiger partial charge in [-0.1, -0.05) is 71.9 Å². The second kappa shape index (κ2) is 19.5. The summed E-state index contributed by atoms with van der Waals surface area (Å²) >= 11 is 0. The zero-order valence-electron chi connectivity index (χ0n) is 27.4. The van der Waals surface area contributed by atoms with Crippen LogP contribution in [-0.4, -0.2) is 57.1 Å². The summed E-state index contributed by atoms with van der Waals surface area (Å²) in [5.41, 5.74) is -0.0184. The van der Waals surface area contributed by atoms with Gasteiger partial charge in [0.1, 0.15) is 21.6 Å². The zero-order chi connectivity index (χ0) is 33.7. The predicted octanol–water partition coefficient (Wildman–Crippen LogP) is 4.22. The van der Waals surface area contributed by atoms with E-state index >= 15 is 0 Å². The molecule has 252 valence electrons. The van der Waals surface area contributed by atoms with Gasteiger partial charge in [0.15, 0.2) is 4.99 Å². The molecule has 0 N–H and O–H groups in total. The maximum atomic E-state index is 13.7. The Morgan fingerprint density at radius 1 is 0.783 bits per heavy atom. The van der Waals surface area contributed by atoms with Crippen molar-refractivity contribution in [3.8, 4) is 11.5 Å². The van der Waals surface area contributed by atoms with Gasteiger partial charge in [-0.15, -0.1) is 0 Å². The predicted molar refractivity (Wildman–Crippen MR) is 163 cm³/mol. The Morgan fingerprint density at radius 2 is 1.28 bits per heavy atom. The topological polar surface area (TPSA) is 173 Å². The Balaban J connectivity index is 0.0000106. The molecule has 0 aliphatic heterocycles. The molecule has 1 atom stereocenters. The molecular weight excluding hydrogens is 670 g/mol. The third-order valence-corrected chi connectivity index (χ3v) is 9.89. The molecule has 0 radical (unpaired) electrons. The average molecular weight is 713 g/mol. The molecule has 0 spiro atoms. The molecule has 2 aromatic rings. The third-order valence-electron chi connectivity index (χ3n) is 5.54. The number of para-hydroxylation sites is 1. The van der Waals surface area contributed by atoms with Crippen LogP contribution in [0, 0.1) is 10.8 Å². The van der Waals surface area contributed by atoms with E-state index in [0.717, 1.165) is 5.56 Å². The Hall–Kier alpha value is -1.52. The summed E-state index contributed by atoms with van der Waals surface area (Å²) in [4.78, 5) is 21.7. The number of ether oxygens (including phenoxy) is 5. The fourth-order valence-corrected chi connectivity index (χ4v) is 6.85. The Bertz CT molecular complexity index is 1350. The van der Waals surface area contributed by atoms with Crippen LogP contribution >= 0.6 is 7.60 Å². The van der Waals surface area contributed by atoms with Crippen LogP contribution in [0.25, 0.3) is 0 Å². The first-order chi connectivity index (χ1) is 20.9. The molecule has 0 amide bonds. The summed E-state index contributed by atoms with van der Waals surface area (Å²) < 4.78 is 86.1. The van der Waals surface area contributed by atoms with Crippen molar-refractivity contribution in [2.45, 2.75) is 65.8 Å². The van der Waals surface area contributed by atoms with Crippen molar-refractivity contribution in [1.82, 2.24) is 0 Å². The van der Waals surface area contributed by atoms with Crippen LogP contribution in [0.4, 0.5) is 9.59 Å². The molecule has 0 aliphatic carbocycles. The van der Waals surface area contributed by atoms with Crippen LogP contribution in [-0.2, 0) is 49.1 Å². The number of benzene rings is 2. The molecule has 46 heavy (non-hydrogen) atoms. The molecule has 0 aliphatic rings. The van der Waals surface area contributed by atoms with E-state index in [0.29, 0.717) is 11.5 Å². The van der Waals surface area contributed by atoms with Crippen LogP contribution in [0.15, 0.2) is 54.6 Å². The maximum absolute atomic E-state index is 13.7. The van der Waals surface area contributed by atoms with E-state index in [-0.39, 0.29) is 88.3 Å². The zero-order valence-corrected chi connectivity index (χ0v) is 32.2. The van der Waals surface area contributed by atoms with Gasteiger partial charge in [0, 0.05) is 0 Å². The second-order valence-corrected chi connectivity index (χ2v) is 16.5. The summed E-state index contributed by atoms with van der Waals surface area (Å²) in [7, 11) is -10.3. The number of carbonyl (C=O) groups is 2. The van der Waals surface area contributed by atoms with Gasteiger partial charge in [-0.05, 0) is 59.9 Å². The summed E-state index contributed by atoms with van der Waals surface area (Å²) in [6.07, 6.45) is -2.50. The summed E-state index contributed by atoms with van der Waals surface area (Å²) in [5.74, 6) is 1.16. The molecule has 0 saturated carbocycles. The third kappa shape index (κ3) is 17.6.